The van der Waals surface area contributed by atoms with Crippen molar-refractivity contribution in [3.05, 3.63) is 16.3 Å². The third kappa shape index (κ3) is 4.26. The fourth-order valence-electron chi connectivity index (χ4n) is 0.874. The second kappa shape index (κ2) is 5.96. The van der Waals surface area contributed by atoms with Crippen molar-refractivity contribution in [2.24, 2.45) is 0 Å². The highest BCUT2D eigenvalue weighted by Gasteiger charge is 1.97. The van der Waals surface area contributed by atoms with E-state index in [-0.39, 0.29) is 0 Å². The maximum atomic E-state index is 9.04. The van der Waals surface area contributed by atoms with Gasteiger partial charge in [0.1, 0.15) is 12.5 Å². The topological polar surface area (TPSA) is 38.7 Å². The third-order valence-corrected chi connectivity index (χ3v) is 2.49. The quantitative estimate of drug-likeness (QED) is 0.566. The van der Waals surface area contributed by atoms with E-state index in [4.69, 9.17) is 14.6 Å². The van der Waals surface area contributed by atoms with Crippen molar-refractivity contribution in [1.29, 1.82) is 0 Å². The summed E-state index contributed by atoms with van der Waals surface area (Å²) in [5.41, 5.74) is 0. The molecule has 1 N–H and O–H groups in total. The van der Waals surface area contributed by atoms with E-state index >= 15 is 0 Å². The van der Waals surface area contributed by atoms with Crippen LogP contribution in [-0.2, 0) is 15.9 Å². The highest BCUT2D eigenvalue weighted by molar-refractivity contribution is 7.10. The smallest absolute Gasteiger partial charge is 0.146 e. The molecule has 0 saturated heterocycles. The van der Waals surface area contributed by atoms with E-state index in [1.54, 1.807) is 22.8 Å². The van der Waals surface area contributed by atoms with Gasteiger partial charge in [-0.25, -0.2) is 0 Å². The summed E-state index contributed by atoms with van der Waals surface area (Å²) < 4.78 is 10.2. The van der Waals surface area contributed by atoms with E-state index in [1.165, 1.54) is 0 Å². The minimum atomic E-state index is 0.338. The fourth-order valence-corrected chi connectivity index (χ4v) is 1.60. The average molecular weight is 202 g/mol. The van der Waals surface area contributed by atoms with Gasteiger partial charge in [0.2, 0.25) is 0 Å². The summed E-state index contributed by atoms with van der Waals surface area (Å²) in [6, 6.07) is 1.76. The van der Waals surface area contributed by atoms with Gasteiger partial charge in [0.25, 0.3) is 0 Å². The Bertz CT molecular complexity index is 235. The van der Waals surface area contributed by atoms with E-state index in [0.717, 1.165) is 11.3 Å². The number of rotatable bonds is 6. The molecule has 74 valence electrons. The van der Waals surface area contributed by atoms with Crippen LogP contribution in [0.25, 0.3) is 0 Å². The first-order chi connectivity index (χ1) is 6.33. The largest absolute Gasteiger partial charge is 0.507 e. The molecule has 0 atom stereocenters. The lowest BCUT2D eigenvalue weighted by Gasteiger charge is -2.01. The van der Waals surface area contributed by atoms with Gasteiger partial charge in [0.15, 0.2) is 0 Å². The van der Waals surface area contributed by atoms with Crippen LogP contribution in [0.4, 0.5) is 0 Å². The number of hydrogen-bond acceptors (Lipinski definition) is 4. The molecule has 0 bridgehead atoms. The minimum Gasteiger partial charge on any atom is -0.507 e. The number of aromatic hydroxyl groups is 1. The summed E-state index contributed by atoms with van der Waals surface area (Å²) in [6.45, 7) is 3.61. The molecule has 0 fully saturated rings. The van der Waals surface area contributed by atoms with Crippen LogP contribution in [0, 0.1) is 0 Å². The molecule has 0 spiro atoms. The lowest BCUT2D eigenvalue weighted by molar-refractivity contribution is -0.0480. The van der Waals surface area contributed by atoms with Crippen LogP contribution < -0.4 is 0 Å². The lowest BCUT2D eigenvalue weighted by Crippen LogP contribution is -2.02. The molecule has 0 amide bonds. The van der Waals surface area contributed by atoms with Crippen LogP contribution in [0.2, 0.25) is 0 Å². The van der Waals surface area contributed by atoms with Crippen molar-refractivity contribution in [1.82, 2.24) is 0 Å². The summed E-state index contributed by atoms with van der Waals surface area (Å²) in [6.07, 6.45) is 0.832. The zero-order valence-electron chi connectivity index (χ0n) is 7.66. The van der Waals surface area contributed by atoms with Crippen LogP contribution in [0.1, 0.15) is 11.8 Å². The number of thiophene rings is 1. The van der Waals surface area contributed by atoms with E-state index < -0.39 is 0 Å². The molecule has 0 radical (unpaired) electrons. The SMILES string of the molecule is CCOCOCCc1cc(O)cs1. The molecule has 3 nitrogen and oxygen atoms in total. The molecule has 0 aliphatic rings. The van der Waals surface area contributed by atoms with Crippen molar-refractivity contribution >= 4 is 11.3 Å². The predicted octanol–water partition coefficient (Wildman–Crippen LogP) is 2.01. The Morgan fingerprint density at radius 3 is 2.92 bits per heavy atom. The van der Waals surface area contributed by atoms with Gasteiger partial charge < -0.3 is 14.6 Å². The zero-order chi connectivity index (χ0) is 9.52. The summed E-state index contributed by atoms with van der Waals surface area (Å²) >= 11 is 1.54. The molecule has 0 unspecified atom stereocenters. The normalized spacial score (nSPS) is 10.5. The fraction of sp³-hybridized carbons (Fsp3) is 0.556. The van der Waals surface area contributed by atoms with Gasteiger partial charge in [-0.05, 0) is 13.0 Å². The van der Waals surface area contributed by atoms with Crippen LogP contribution in [0.5, 0.6) is 5.75 Å². The summed E-state index contributed by atoms with van der Waals surface area (Å²) in [4.78, 5) is 1.13. The molecule has 1 rings (SSSR count). The maximum absolute atomic E-state index is 9.04. The van der Waals surface area contributed by atoms with Gasteiger partial charge in [0.05, 0.1) is 6.61 Å². The van der Waals surface area contributed by atoms with Crippen molar-refractivity contribution < 1.29 is 14.6 Å². The maximum Gasteiger partial charge on any atom is 0.146 e. The first-order valence-corrected chi connectivity index (χ1v) is 5.12. The molecule has 1 aromatic rings. The lowest BCUT2D eigenvalue weighted by atomic mass is 10.3. The minimum absolute atomic E-state index is 0.338. The van der Waals surface area contributed by atoms with Crippen molar-refractivity contribution in [2.45, 2.75) is 13.3 Å². The summed E-state index contributed by atoms with van der Waals surface area (Å²) in [5.74, 6) is 0.338. The molecule has 0 aliphatic heterocycles. The highest BCUT2D eigenvalue weighted by atomic mass is 32.1. The van der Waals surface area contributed by atoms with Gasteiger partial charge >= 0.3 is 0 Å². The van der Waals surface area contributed by atoms with E-state index in [9.17, 15) is 0 Å². The van der Waals surface area contributed by atoms with E-state index in [1.807, 2.05) is 6.92 Å². The molecule has 13 heavy (non-hydrogen) atoms. The second-order valence-electron chi connectivity index (χ2n) is 2.54. The van der Waals surface area contributed by atoms with Crippen molar-refractivity contribution in [3.63, 3.8) is 0 Å². The molecule has 0 aliphatic carbocycles. The molecule has 4 heteroatoms. The Kier molecular flexibility index (Phi) is 4.82. The Morgan fingerprint density at radius 2 is 2.31 bits per heavy atom. The molecule has 0 aromatic carbocycles. The molecular formula is C9H14O3S. The molecule has 1 heterocycles. The Balaban J connectivity index is 2.06. The first-order valence-electron chi connectivity index (χ1n) is 4.24. The Labute approximate surface area is 81.9 Å². The standard InChI is InChI=1S/C9H14O3S/c1-2-11-7-12-4-3-9-5-8(10)6-13-9/h5-6,10H,2-4,7H2,1H3. The van der Waals surface area contributed by atoms with Gasteiger partial charge in [-0.2, -0.15) is 0 Å². The monoisotopic (exact) mass is 202 g/mol. The molecular weight excluding hydrogens is 188 g/mol. The molecule has 1 aromatic heterocycles. The Morgan fingerprint density at radius 1 is 1.46 bits per heavy atom. The Hall–Kier alpha value is -0.580. The number of ether oxygens (including phenoxy) is 2. The van der Waals surface area contributed by atoms with Gasteiger partial charge in [-0.1, -0.05) is 0 Å². The molecule has 0 saturated carbocycles. The van der Waals surface area contributed by atoms with Gasteiger partial charge in [-0.3, -0.25) is 0 Å². The summed E-state index contributed by atoms with van der Waals surface area (Å²) in [7, 11) is 0. The predicted molar refractivity (Wildman–Crippen MR) is 52.1 cm³/mol. The van der Waals surface area contributed by atoms with Crippen LogP contribution >= 0.6 is 11.3 Å². The zero-order valence-corrected chi connectivity index (χ0v) is 8.47. The van der Waals surface area contributed by atoms with E-state index in [2.05, 4.69) is 0 Å². The van der Waals surface area contributed by atoms with Crippen molar-refractivity contribution in [2.75, 3.05) is 20.0 Å². The average Bonchev–Trinajstić information content (AvgIpc) is 2.51. The van der Waals surface area contributed by atoms with Crippen LogP contribution in [0.15, 0.2) is 11.4 Å². The van der Waals surface area contributed by atoms with Gasteiger partial charge in [-0.15, -0.1) is 11.3 Å². The van der Waals surface area contributed by atoms with Crippen LogP contribution in [-0.4, -0.2) is 25.1 Å². The second-order valence-corrected chi connectivity index (χ2v) is 3.54. The highest BCUT2D eigenvalue weighted by Crippen LogP contribution is 2.19. The number of hydrogen-bond donors (Lipinski definition) is 1. The third-order valence-electron chi connectivity index (χ3n) is 1.50. The first kappa shape index (κ1) is 10.5. The van der Waals surface area contributed by atoms with Crippen LogP contribution in [0.3, 0.4) is 0 Å². The summed E-state index contributed by atoms with van der Waals surface area (Å²) in [5, 5.41) is 10.8. The van der Waals surface area contributed by atoms with Gasteiger partial charge in [0, 0.05) is 23.3 Å². The van der Waals surface area contributed by atoms with Crippen molar-refractivity contribution in [3.8, 4) is 5.75 Å². The van der Waals surface area contributed by atoms with E-state index in [0.29, 0.717) is 25.8 Å².